The Morgan fingerprint density at radius 1 is 1.32 bits per heavy atom. The van der Waals surface area contributed by atoms with E-state index in [1.807, 2.05) is 18.2 Å². The number of ether oxygens (including phenoxy) is 1. The summed E-state index contributed by atoms with van der Waals surface area (Å²) < 4.78 is 19.7. The molecule has 0 saturated carbocycles. The van der Waals surface area contributed by atoms with Crippen molar-refractivity contribution < 1.29 is 14.2 Å². The zero-order valence-electron chi connectivity index (χ0n) is 17.5. The second kappa shape index (κ2) is 9.46. The van der Waals surface area contributed by atoms with Crippen LogP contribution in [0.3, 0.4) is 0 Å². The predicted octanol–water partition coefficient (Wildman–Crippen LogP) is 2.41. The van der Waals surface area contributed by atoms with Crippen LogP contribution in [0.1, 0.15) is 0 Å². The van der Waals surface area contributed by atoms with Crippen molar-refractivity contribution in [2.75, 3.05) is 52.3 Å². The molecule has 166 valence electrons. The van der Waals surface area contributed by atoms with Crippen LogP contribution in [0.4, 0.5) is 10.1 Å². The summed E-state index contributed by atoms with van der Waals surface area (Å²) >= 11 is 5.87. The minimum atomic E-state index is -0.856. The standard InChI is InChI=1S/C21H26ClFN6O2/c1-28-6-8-29(9-7-28)17(12-31-2)20(30)26-16-5-3-4-13-14(10-24-19(13)16)18-15(23)11-25-21(22)27-18/h3-5,10-11,17,20,24,26,30H,6-9,12H2,1-2H3/t17-,20?/m1/s1. The van der Waals surface area contributed by atoms with E-state index in [0.717, 1.165) is 43.3 Å². The monoisotopic (exact) mass is 448 g/mol. The number of hydrogen-bond donors (Lipinski definition) is 3. The van der Waals surface area contributed by atoms with Gasteiger partial charge in [0.1, 0.15) is 11.9 Å². The Hall–Kier alpha value is -2.30. The van der Waals surface area contributed by atoms with Gasteiger partial charge in [-0.3, -0.25) is 4.90 Å². The number of nitrogens with one attached hydrogen (secondary N) is 2. The number of aromatic nitrogens is 3. The molecule has 0 spiro atoms. The highest BCUT2D eigenvalue weighted by Crippen LogP contribution is 2.33. The molecule has 2 atom stereocenters. The number of fused-ring (bicyclic) bond motifs is 1. The fourth-order valence-corrected chi connectivity index (χ4v) is 4.11. The first-order chi connectivity index (χ1) is 15.0. The minimum absolute atomic E-state index is 0.0231. The van der Waals surface area contributed by atoms with E-state index in [-0.39, 0.29) is 17.0 Å². The van der Waals surface area contributed by atoms with Crippen molar-refractivity contribution in [1.29, 1.82) is 0 Å². The fraction of sp³-hybridized carbons (Fsp3) is 0.429. The topological polar surface area (TPSA) is 89.5 Å². The van der Waals surface area contributed by atoms with Crippen molar-refractivity contribution in [3.8, 4) is 11.3 Å². The van der Waals surface area contributed by atoms with Crippen LogP contribution in [-0.4, -0.2) is 89.1 Å². The predicted molar refractivity (Wildman–Crippen MR) is 119 cm³/mol. The van der Waals surface area contributed by atoms with E-state index in [4.69, 9.17) is 16.3 Å². The molecule has 1 aliphatic rings. The fourth-order valence-electron chi connectivity index (χ4n) is 3.98. The Balaban J connectivity index is 1.61. The molecule has 1 fully saturated rings. The maximum atomic E-state index is 14.3. The highest BCUT2D eigenvalue weighted by molar-refractivity contribution is 6.28. The average Bonchev–Trinajstić information content (AvgIpc) is 3.19. The van der Waals surface area contributed by atoms with Gasteiger partial charge in [0.25, 0.3) is 0 Å². The minimum Gasteiger partial charge on any atom is -0.383 e. The molecule has 8 nitrogen and oxygen atoms in total. The number of methoxy groups -OCH3 is 1. The van der Waals surface area contributed by atoms with Crippen LogP contribution in [0.25, 0.3) is 22.2 Å². The van der Waals surface area contributed by atoms with Crippen molar-refractivity contribution in [3.05, 3.63) is 41.7 Å². The number of nitrogens with zero attached hydrogens (tertiary/aromatic N) is 4. The van der Waals surface area contributed by atoms with Crippen LogP contribution >= 0.6 is 11.6 Å². The molecule has 4 rings (SSSR count). The Kier molecular flexibility index (Phi) is 6.68. The van der Waals surface area contributed by atoms with E-state index in [0.29, 0.717) is 17.9 Å². The molecule has 3 heterocycles. The van der Waals surface area contributed by atoms with Crippen LogP contribution < -0.4 is 5.32 Å². The van der Waals surface area contributed by atoms with Gasteiger partial charge in [0.15, 0.2) is 5.82 Å². The molecule has 0 amide bonds. The summed E-state index contributed by atoms with van der Waals surface area (Å²) in [6.45, 7) is 3.99. The Morgan fingerprint density at radius 2 is 2.10 bits per heavy atom. The Bertz CT molecular complexity index is 1040. The normalized spacial score (nSPS) is 17.7. The number of aliphatic hydroxyl groups excluding tert-OH is 1. The number of hydrogen-bond acceptors (Lipinski definition) is 7. The van der Waals surface area contributed by atoms with Gasteiger partial charge in [0.05, 0.1) is 30.0 Å². The van der Waals surface area contributed by atoms with Gasteiger partial charge in [-0.1, -0.05) is 12.1 Å². The molecule has 0 aliphatic carbocycles. The van der Waals surface area contributed by atoms with Crippen LogP contribution in [0.5, 0.6) is 0 Å². The van der Waals surface area contributed by atoms with Gasteiger partial charge in [0, 0.05) is 50.4 Å². The molecular weight excluding hydrogens is 423 g/mol. The van der Waals surface area contributed by atoms with Gasteiger partial charge in [-0.2, -0.15) is 0 Å². The van der Waals surface area contributed by atoms with E-state index in [1.165, 1.54) is 0 Å². The molecule has 2 aromatic heterocycles. The summed E-state index contributed by atoms with van der Waals surface area (Å²) in [5.74, 6) is -0.557. The summed E-state index contributed by atoms with van der Waals surface area (Å²) in [7, 11) is 3.73. The highest BCUT2D eigenvalue weighted by atomic mass is 35.5. The summed E-state index contributed by atoms with van der Waals surface area (Å²) in [6.07, 6.45) is 1.88. The number of aromatic amines is 1. The number of likely N-dealkylation sites (N-methyl/N-ethyl adjacent to an activating group) is 1. The number of anilines is 1. The lowest BCUT2D eigenvalue weighted by molar-refractivity contribution is -0.00377. The Labute approximate surface area is 185 Å². The third-order valence-electron chi connectivity index (χ3n) is 5.70. The van der Waals surface area contributed by atoms with Crippen molar-refractivity contribution in [1.82, 2.24) is 24.8 Å². The van der Waals surface area contributed by atoms with E-state index in [2.05, 4.69) is 37.1 Å². The number of para-hydroxylation sites is 1. The first-order valence-corrected chi connectivity index (χ1v) is 10.5. The van der Waals surface area contributed by atoms with E-state index < -0.39 is 12.0 Å². The van der Waals surface area contributed by atoms with Crippen LogP contribution in [-0.2, 0) is 4.74 Å². The number of aliphatic hydroxyl groups is 1. The lowest BCUT2D eigenvalue weighted by Gasteiger charge is -2.39. The summed E-state index contributed by atoms with van der Waals surface area (Å²) in [5, 5.41) is 15.0. The quantitative estimate of drug-likeness (QED) is 0.378. The third-order valence-corrected chi connectivity index (χ3v) is 5.88. The number of piperazine rings is 1. The van der Waals surface area contributed by atoms with E-state index in [9.17, 15) is 9.50 Å². The zero-order valence-corrected chi connectivity index (χ0v) is 18.2. The third kappa shape index (κ3) is 4.65. The van der Waals surface area contributed by atoms with Crippen LogP contribution in [0, 0.1) is 5.82 Å². The molecule has 1 aliphatic heterocycles. The molecule has 1 unspecified atom stereocenters. The summed E-state index contributed by atoms with van der Waals surface area (Å²) in [5.41, 5.74) is 2.13. The molecule has 31 heavy (non-hydrogen) atoms. The maximum Gasteiger partial charge on any atom is 0.223 e. The average molecular weight is 449 g/mol. The second-order valence-corrected chi connectivity index (χ2v) is 8.06. The SMILES string of the molecule is COC[C@H](C(O)Nc1cccc2c(-c3nc(Cl)ncc3F)c[nH]c12)N1CCN(C)CC1. The summed E-state index contributed by atoms with van der Waals surface area (Å²) in [4.78, 5) is 15.4. The molecule has 3 aromatic rings. The lowest BCUT2D eigenvalue weighted by atomic mass is 10.1. The van der Waals surface area contributed by atoms with Crippen molar-refractivity contribution in [3.63, 3.8) is 0 Å². The maximum absolute atomic E-state index is 14.3. The lowest BCUT2D eigenvalue weighted by Crippen LogP contribution is -2.56. The number of benzene rings is 1. The number of H-pyrrole nitrogens is 1. The van der Waals surface area contributed by atoms with Gasteiger partial charge in [-0.25, -0.2) is 14.4 Å². The van der Waals surface area contributed by atoms with E-state index >= 15 is 0 Å². The summed E-state index contributed by atoms with van der Waals surface area (Å²) in [6, 6.07) is 5.36. The molecule has 3 N–H and O–H groups in total. The first kappa shape index (κ1) is 21.9. The highest BCUT2D eigenvalue weighted by Gasteiger charge is 2.29. The number of rotatable bonds is 7. The zero-order chi connectivity index (χ0) is 22.0. The van der Waals surface area contributed by atoms with Gasteiger partial charge in [-0.05, 0) is 24.7 Å². The molecular formula is C21H26ClFN6O2. The smallest absolute Gasteiger partial charge is 0.223 e. The molecule has 1 saturated heterocycles. The number of halogens is 2. The Morgan fingerprint density at radius 3 is 2.84 bits per heavy atom. The molecule has 0 radical (unpaired) electrons. The molecule has 0 bridgehead atoms. The largest absolute Gasteiger partial charge is 0.383 e. The van der Waals surface area contributed by atoms with Crippen molar-refractivity contribution >= 4 is 28.2 Å². The van der Waals surface area contributed by atoms with Gasteiger partial charge >= 0.3 is 0 Å². The van der Waals surface area contributed by atoms with E-state index in [1.54, 1.807) is 13.3 Å². The van der Waals surface area contributed by atoms with Gasteiger partial charge in [0.2, 0.25) is 5.28 Å². The van der Waals surface area contributed by atoms with Crippen molar-refractivity contribution in [2.45, 2.75) is 12.3 Å². The van der Waals surface area contributed by atoms with Crippen LogP contribution in [0.15, 0.2) is 30.6 Å². The van der Waals surface area contributed by atoms with Gasteiger partial charge < -0.3 is 25.0 Å². The molecule has 10 heteroatoms. The second-order valence-electron chi connectivity index (χ2n) is 7.72. The van der Waals surface area contributed by atoms with Crippen LogP contribution in [0.2, 0.25) is 5.28 Å². The molecule has 1 aromatic carbocycles. The van der Waals surface area contributed by atoms with Crippen molar-refractivity contribution in [2.24, 2.45) is 0 Å². The first-order valence-electron chi connectivity index (χ1n) is 10.1. The van der Waals surface area contributed by atoms with Gasteiger partial charge in [-0.15, -0.1) is 0 Å².